The molecule has 230 valence electrons. The van der Waals surface area contributed by atoms with Crippen LogP contribution in [0.25, 0.3) is 0 Å². The Morgan fingerprint density at radius 3 is 2.33 bits per heavy atom. The van der Waals surface area contributed by atoms with Crippen LogP contribution in [0.2, 0.25) is 0 Å². The lowest BCUT2D eigenvalue weighted by molar-refractivity contribution is -0.128. The van der Waals surface area contributed by atoms with Crippen LogP contribution in [0.5, 0.6) is 0 Å². The topological polar surface area (TPSA) is 98.6 Å². The van der Waals surface area contributed by atoms with Gasteiger partial charge in [0, 0.05) is 43.2 Å². The monoisotopic (exact) mass is 615 g/mol. The van der Waals surface area contributed by atoms with Crippen LogP contribution in [0.3, 0.4) is 0 Å². The summed E-state index contributed by atoms with van der Waals surface area (Å²) in [6, 6.07) is 2.16. The number of hydrogen-bond donors (Lipinski definition) is 1. The number of nitrogens with zero attached hydrogens (tertiary/aromatic N) is 4. The van der Waals surface area contributed by atoms with Crippen molar-refractivity contribution >= 4 is 27.7 Å². The number of carbonyl (C=O) groups excluding carboxylic acids is 2. The van der Waals surface area contributed by atoms with Crippen molar-refractivity contribution in [2.45, 2.75) is 74.6 Å². The number of nitriles is 1. The van der Waals surface area contributed by atoms with Gasteiger partial charge in [-0.3, -0.25) is 24.4 Å². The third-order valence-corrected chi connectivity index (χ3v) is 9.20. The molecule has 4 atom stereocenters. The first-order chi connectivity index (χ1) is 19.6. The molecule has 14 heteroatoms. The molecule has 2 unspecified atom stereocenters. The quantitative estimate of drug-likeness (QED) is 0.257. The van der Waals surface area contributed by atoms with Crippen molar-refractivity contribution < 1.29 is 33.8 Å². The van der Waals surface area contributed by atoms with Gasteiger partial charge in [0.25, 0.3) is 5.91 Å². The molecule has 2 amide bonds. The van der Waals surface area contributed by atoms with Crippen LogP contribution >= 0.6 is 10.2 Å². The molecule has 2 aliphatic rings. The SMILES string of the molecule is CO[C@@H]1C[C@H](C(=O)N(c2ccc(S(F)(F)(F)(F)F)cc2)C(C(=O)NC(C)C2CCCCC2)c2cccnc2)N(C#N)C1. The minimum atomic E-state index is -10.0. The minimum absolute atomic E-state index is 0.0722. The number of anilines is 1. The van der Waals surface area contributed by atoms with E-state index in [0.29, 0.717) is 0 Å². The van der Waals surface area contributed by atoms with Gasteiger partial charge in [-0.1, -0.05) is 44.8 Å². The molecule has 1 aromatic carbocycles. The second-order valence-electron chi connectivity index (χ2n) is 10.9. The number of ether oxygens (including phenoxy) is 1. The largest absolute Gasteiger partial charge is 0.379 e. The fraction of sp³-hybridized carbons (Fsp3) is 0.500. The van der Waals surface area contributed by atoms with Crippen LogP contribution < -0.4 is 10.2 Å². The zero-order chi connectivity index (χ0) is 30.8. The molecule has 1 saturated carbocycles. The van der Waals surface area contributed by atoms with Gasteiger partial charge in [0.2, 0.25) is 5.91 Å². The van der Waals surface area contributed by atoms with Gasteiger partial charge >= 0.3 is 10.2 Å². The fourth-order valence-electron chi connectivity index (χ4n) is 5.75. The number of hydrogen-bond acceptors (Lipinski definition) is 6. The van der Waals surface area contributed by atoms with E-state index < -0.39 is 45.1 Å². The molecule has 0 spiro atoms. The van der Waals surface area contributed by atoms with E-state index in [2.05, 4.69) is 10.3 Å². The number of halogens is 5. The Labute approximate surface area is 241 Å². The summed E-state index contributed by atoms with van der Waals surface area (Å²) in [7, 11) is -8.59. The van der Waals surface area contributed by atoms with Crippen LogP contribution in [0.1, 0.15) is 57.1 Å². The Kier molecular flexibility index (Phi) is 8.50. The zero-order valence-corrected chi connectivity index (χ0v) is 24.1. The fourth-order valence-corrected chi connectivity index (χ4v) is 6.40. The van der Waals surface area contributed by atoms with Crippen LogP contribution in [-0.4, -0.2) is 53.5 Å². The lowest BCUT2D eigenvalue weighted by Crippen LogP contribution is -2.52. The summed E-state index contributed by atoms with van der Waals surface area (Å²) >= 11 is 0. The van der Waals surface area contributed by atoms with Gasteiger partial charge in [-0.15, -0.1) is 0 Å². The Morgan fingerprint density at radius 2 is 1.79 bits per heavy atom. The molecular weight excluding hydrogens is 581 g/mol. The summed E-state index contributed by atoms with van der Waals surface area (Å²) in [5, 5.41) is 12.7. The second-order valence-corrected chi connectivity index (χ2v) is 13.3. The van der Waals surface area contributed by atoms with Crippen LogP contribution in [0, 0.1) is 17.4 Å². The molecule has 2 fully saturated rings. The van der Waals surface area contributed by atoms with Crippen LogP contribution in [0.15, 0.2) is 53.7 Å². The Bertz CT molecular complexity index is 1320. The predicted octanol–water partition coefficient (Wildman–Crippen LogP) is 6.47. The van der Waals surface area contributed by atoms with Crippen LogP contribution in [0.4, 0.5) is 25.1 Å². The maximum absolute atomic E-state index is 14.2. The predicted molar refractivity (Wildman–Crippen MR) is 148 cm³/mol. The van der Waals surface area contributed by atoms with Crippen molar-refractivity contribution in [2.75, 3.05) is 18.6 Å². The van der Waals surface area contributed by atoms with Crippen molar-refractivity contribution in [3.63, 3.8) is 0 Å². The Morgan fingerprint density at radius 1 is 1.12 bits per heavy atom. The first-order valence-corrected chi connectivity index (χ1v) is 15.6. The van der Waals surface area contributed by atoms with Gasteiger partial charge in [-0.25, -0.2) is 0 Å². The summed E-state index contributed by atoms with van der Waals surface area (Å²) in [6.45, 7) is 1.95. The van der Waals surface area contributed by atoms with Crippen molar-refractivity contribution in [1.82, 2.24) is 15.2 Å². The summed E-state index contributed by atoms with van der Waals surface area (Å²) in [4.78, 5) is 32.3. The highest BCUT2D eigenvalue weighted by molar-refractivity contribution is 8.45. The smallest absolute Gasteiger partial charge is 0.310 e. The molecule has 1 N–H and O–H groups in total. The van der Waals surface area contributed by atoms with E-state index in [1.165, 1.54) is 30.5 Å². The average molecular weight is 616 g/mol. The van der Waals surface area contributed by atoms with E-state index in [0.717, 1.165) is 49.1 Å². The van der Waals surface area contributed by atoms with E-state index in [1.807, 2.05) is 13.1 Å². The molecule has 8 nitrogen and oxygen atoms in total. The third kappa shape index (κ3) is 7.12. The number of amides is 2. The number of pyridine rings is 1. The van der Waals surface area contributed by atoms with E-state index >= 15 is 0 Å². The molecular formula is C28H34F5N5O3S. The van der Waals surface area contributed by atoms with E-state index in [4.69, 9.17) is 4.74 Å². The molecule has 4 rings (SSSR count). The number of likely N-dealkylation sites (tertiary alicyclic amines) is 1. The molecule has 2 aromatic rings. The number of nitrogens with one attached hydrogen (secondary N) is 1. The third-order valence-electron chi connectivity index (χ3n) is 8.04. The summed E-state index contributed by atoms with van der Waals surface area (Å²) < 4.78 is 73.0. The molecule has 1 aliphatic heterocycles. The zero-order valence-electron chi connectivity index (χ0n) is 23.3. The number of aromatic nitrogens is 1. The van der Waals surface area contributed by atoms with E-state index in [-0.39, 0.29) is 48.3 Å². The molecule has 42 heavy (non-hydrogen) atoms. The number of carbonyl (C=O) groups is 2. The Balaban J connectivity index is 1.80. The molecule has 0 radical (unpaired) electrons. The lowest BCUT2D eigenvalue weighted by Gasteiger charge is -2.41. The molecule has 1 aromatic heterocycles. The van der Waals surface area contributed by atoms with E-state index in [9.17, 15) is 34.3 Å². The molecule has 0 bridgehead atoms. The maximum Gasteiger partial charge on any atom is 0.310 e. The standard InChI is InChI=1S/C28H34F5N5O3S/c1-19(20-7-4-3-5-8-20)36-27(39)26(21-9-6-14-35-16-21)38(28(40)25-15-23(41-2)17-37(25)18-34)22-10-12-24(13-11-22)42(29,30,31,32)33/h6,9-14,16,19-20,23,25-26H,3-5,7-8,15,17H2,1-2H3,(H,36,39)/t19?,23-,25-,26?/m1/s1. The maximum atomic E-state index is 14.2. The lowest BCUT2D eigenvalue weighted by atomic mass is 9.84. The van der Waals surface area contributed by atoms with Gasteiger partial charge in [-0.05, 0) is 56.0 Å². The van der Waals surface area contributed by atoms with Crippen molar-refractivity contribution in [1.29, 1.82) is 5.26 Å². The molecule has 1 saturated heterocycles. The normalized spacial score (nSPS) is 22.8. The highest BCUT2D eigenvalue weighted by Crippen LogP contribution is 3.02. The van der Waals surface area contributed by atoms with Crippen LogP contribution in [-0.2, 0) is 14.3 Å². The Hall–Kier alpha value is -3.44. The number of rotatable bonds is 9. The second kappa shape index (κ2) is 11.3. The van der Waals surface area contributed by atoms with Crippen molar-refractivity contribution in [2.24, 2.45) is 5.92 Å². The number of benzene rings is 1. The average Bonchev–Trinajstić information content (AvgIpc) is 3.39. The van der Waals surface area contributed by atoms with Gasteiger partial charge in [-0.2, -0.15) is 5.26 Å². The first kappa shape index (κ1) is 31.5. The van der Waals surface area contributed by atoms with Crippen molar-refractivity contribution in [3.8, 4) is 6.19 Å². The van der Waals surface area contributed by atoms with Gasteiger partial charge in [0.15, 0.2) is 6.19 Å². The molecule has 1 aliphatic carbocycles. The van der Waals surface area contributed by atoms with Crippen molar-refractivity contribution in [3.05, 3.63) is 54.4 Å². The highest BCUT2D eigenvalue weighted by Gasteiger charge is 2.65. The summed E-state index contributed by atoms with van der Waals surface area (Å²) in [5.74, 6) is -1.19. The highest BCUT2D eigenvalue weighted by atomic mass is 32.5. The van der Waals surface area contributed by atoms with E-state index in [1.54, 1.807) is 6.07 Å². The minimum Gasteiger partial charge on any atom is -0.379 e. The van der Waals surface area contributed by atoms with Gasteiger partial charge < -0.3 is 10.1 Å². The number of methoxy groups -OCH3 is 1. The van der Waals surface area contributed by atoms with Gasteiger partial charge in [0.05, 0.1) is 12.6 Å². The van der Waals surface area contributed by atoms with Gasteiger partial charge in [0.1, 0.15) is 17.0 Å². The summed E-state index contributed by atoms with van der Waals surface area (Å²) in [5.41, 5.74) is 0.0273. The molecule has 2 heterocycles. The summed E-state index contributed by atoms with van der Waals surface area (Å²) in [6.07, 6.45) is 9.29. The first-order valence-electron chi connectivity index (χ1n) is 13.7.